The molecule has 2 aromatic carbocycles. The third-order valence-corrected chi connectivity index (χ3v) is 6.72. The van der Waals surface area contributed by atoms with Gasteiger partial charge in [-0.15, -0.1) is 0 Å². The van der Waals surface area contributed by atoms with Gasteiger partial charge in [-0.2, -0.15) is 0 Å². The maximum atomic E-state index is 13.3. The molecule has 0 fully saturated rings. The number of aliphatic hydroxyl groups is 1. The van der Waals surface area contributed by atoms with Crippen molar-refractivity contribution in [2.45, 2.75) is 13.0 Å². The fourth-order valence-electron chi connectivity index (χ4n) is 3.83. The Balaban J connectivity index is 1.84. The number of methoxy groups -OCH3 is 2. The lowest BCUT2D eigenvalue weighted by molar-refractivity contribution is -0.117. The van der Waals surface area contributed by atoms with Crippen molar-refractivity contribution in [1.82, 2.24) is 4.98 Å². The normalized spacial score (nSPS) is 15.6. The number of phenols is 1. The first-order valence-electron chi connectivity index (χ1n) is 10.7. The Morgan fingerprint density at radius 1 is 1.11 bits per heavy atom. The SMILES string of the molecule is COC(=O)c1sc(N2C(=O)C(O)=C(C(=O)C=Cc3ccccc3)C2c2ccc(O)c(OC)c2)nc1C. The van der Waals surface area contributed by atoms with E-state index < -0.39 is 29.5 Å². The maximum absolute atomic E-state index is 13.3. The van der Waals surface area contributed by atoms with Crippen molar-refractivity contribution in [3.05, 3.63) is 87.6 Å². The van der Waals surface area contributed by atoms with Crippen molar-refractivity contribution in [3.8, 4) is 11.5 Å². The second-order valence-corrected chi connectivity index (χ2v) is 8.76. The molecule has 1 atom stereocenters. The van der Waals surface area contributed by atoms with E-state index in [4.69, 9.17) is 9.47 Å². The van der Waals surface area contributed by atoms with Gasteiger partial charge in [-0.1, -0.05) is 53.8 Å². The Labute approximate surface area is 210 Å². The molecule has 4 rings (SSSR count). The van der Waals surface area contributed by atoms with Crippen LogP contribution in [0, 0.1) is 6.92 Å². The second kappa shape index (κ2) is 10.0. The molecule has 9 nitrogen and oxygen atoms in total. The van der Waals surface area contributed by atoms with Gasteiger partial charge in [-0.25, -0.2) is 9.78 Å². The molecule has 1 aliphatic rings. The number of nitrogens with zero attached hydrogens (tertiary/aromatic N) is 2. The number of phenolic OH excluding ortho intramolecular Hbond substituents is 1. The summed E-state index contributed by atoms with van der Waals surface area (Å²) in [5.41, 5.74) is 1.30. The smallest absolute Gasteiger partial charge is 0.350 e. The van der Waals surface area contributed by atoms with E-state index in [2.05, 4.69) is 4.98 Å². The minimum Gasteiger partial charge on any atom is -0.504 e. The van der Waals surface area contributed by atoms with Gasteiger partial charge >= 0.3 is 5.97 Å². The number of hydrogen-bond donors (Lipinski definition) is 2. The summed E-state index contributed by atoms with van der Waals surface area (Å²) in [6.07, 6.45) is 2.85. The molecule has 0 bridgehead atoms. The summed E-state index contributed by atoms with van der Waals surface area (Å²) in [7, 11) is 2.60. The third kappa shape index (κ3) is 4.46. The van der Waals surface area contributed by atoms with Crippen molar-refractivity contribution in [1.29, 1.82) is 0 Å². The molecule has 1 amide bonds. The van der Waals surface area contributed by atoms with Crippen molar-refractivity contribution < 1.29 is 34.1 Å². The topological polar surface area (TPSA) is 126 Å². The Kier molecular flexibility index (Phi) is 6.89. The lowest BCUT2D eigenvalue weighted by atomic mass is 9.95. The van der Waals surface area contributed by atoms with Crippen LogP contribution in [0.1, 0.15) is 32.5 Å². The van der Waals surface area contributed by atoms with Crippen LogP contribution in [0.4, 0.5) is 5.13 Å². The zero-order valence-electron chi connectivity index (χ0n) is 19.6. The van der Waals surface area contributed by atoms with E-state index in [1.807, 2.05) is 18.2 Å². The Bertz CT molecular complexity index is 1410. The van der Waals surface area contributed by atoms with Gasteiger partial charge in [0.05, 0.1) is 31.5 Å². The van der Waals surface area contributed by atoms with Crippen LogP contribution in [0.25, 0.3) is 6.08 Å². The molecule has 1 aliphatic heterocycles. The van der Waals surface area contributed by atoms with Gasteiger partial charge in [0.25, 0.3) is 5.91 Å². The number of aryl methyl sites for hydroxylation is 1. The number of carbonyl (C=O) groups excluding carboxylic acids is 3. The highest BCUT2D eigenvalue weighted by atomic mass is 32.1. The standard InChI is InChI=1S/C26H22N2O7S/c1-14-23(25(33)35-3)36-26(27-14)28-21(16-10-12-17(29)19(13-16)34-2)20(22(31)24(28)32)18(30)11-9-15-7-5-4-6-8-15/h4-13,21,29,31H,1-3H3. The number of thiazole rings is 1. The van der Waals surface area contributed by atoms with E-state index in [0.717, 1.165) is 21.8 Å². The molecule has 36 heavy (non-hydrogen) atoms. The molecule has 0 spiro atoms. The van der Waals surface area contributed by atoms with E-state index >= 15 is 0 Å². The largest absolute Gasteiger partial charge is 0.504 e. The molecule has 2 heterocycles. The van der Waals surface area contributed by atoms with Gasteiger partial charge in [0.15, 0.2) is 28.2 Å². The molecule has 10 heteroatoms. The highest BCUT2D eigenvalue weighted by molar-refractivity contribution is 7.17. The first-order chi connectivity index (χ1) is 17.3. The number of benzene rings is 2. The number of ketones is 1. The first-order valence-corrected chi connectivity index (χ1v) is 11.5. The molecular formula is C26H22N2O7S. The number of aliphatic hydroxyl groups excluding tert-OH is 1. The van der Waals surface area contributed by atoms with Crippen LogP contribution in [-0.2, 0) is 14.3 Å². The summed E-state index contributed by atoms with van der Waals surface area (Å²) in [6, 6.07) is 12.3. The minimum absolute atomic E-state index is 0.0938. The summed E-state index contributed by atoms with van der Waals surface area (Å²) >= 11 is 0.902. The molecule has 0 radical (unpaired) electrons. The molecule has 0 saturated heterocycles. The number of amides is 1. The van der Waals surface area contributed by atoms with E-state index in [0.29, 0.717) is 11.3 Å². The highest BCUT2D eigenvalue weighted by Gasteiger charge is 2.45. The number of allylic oxidation sites excluding steroid dienone is 1. The van der Waals surface area contributed by atoms with E-state index in [1.165, 1.54) is 38.5 Å². The lowest BCUT2D eigenvalue weighted by Crippen LogP contribution is -2.30. The van der Waals surface area contributed by atoms with Crippen LogP contribution < -0.4 is 9.64 Å². The Morgan fingerprint density at radius 3 is 2.50 bits per heavy atom. The van der Waals surface area contributed by atoms with Gasteiger partial charge in [0, 0.05) is 0 Å². The van der Waals surface area contributed by atoms with Gasteiger partial charge in [-0.3, -0.25) is 14.5 Å². The summed E-state index contributed by atoms with van der Waals surface area (Å²) < 4.78 is 9.99. The van der Waals surface area contributed by atoms with E-state index in [1.54, 1.807) is 25.1 Å². The molecule has 3 aromatic rings. The molecule has 0 aliphatic carbocycles. The van der Waals surface area contributed by atoms with Crippen LogP contribution in [-0.4, -0.2) is 47.1 Å². The van der Waals surface area contributed by atoms with Crippen LogP contribution in [0.5, 0.6) is 11.5 Å². The van der Waals surface area contributed by atoms with Crippen molar-refractivity contribution in [3.63, 3.8) is 0 Å². The van der Waals surface area contributed by atoms with E-state index in [9.17, 15) is 24.6 Å². The Morgan fingerprint density at radius 2 is 1.83 bits per heavy atom. The predicted molar refractivity (Wildman–Crippen MR) is 133 cm³/mol. The number of ether oxygens (including phenoxy) is 2. The summed E-state index contributed by atoms with van der Waals surface area (Å²) in [5, 5.41) is 21.0. The quantitative estimate of drug-likeness (QED) is 0.362. The lowest BCUT2D eigenvalue weighted by Gasteiger charge is -2.24. The van der Waals surface area contributed by atoms with E-state index in [-0.39, 0.29) is 27.1 Å². The number of rotatable bonds is 7. The van der Waals surface area contributed by atoms with Gasteiger partial charge < -0.3 is 19.7 Å². The average Bonchev–Trinajstić information content (AvgIpc) is 3.39. The van der Waals surface area contributed by atoms with Crippen LogP contribution >= 0.6 is 11.3 Å². The number of anilines is 1. The first kappa shape index (κ1) is 24.7. The predicted octanol–water partition coefficient (Wildman–Crippen LogP) is 4.13. The molecule has 1 unspecified atom stereocenters. The number of esters is 1. The second-order valence-electron chi connectivity index (χ2n) is 7.78. The minimum atomic E-state index is -1.10. The molecular weight excluding hydrogens is 484 g/mol. The molecule has 184 valence electrons. The van der Waals surface area contributed by atoms with Crippen LogP contribution in [0.2, 0.25) is 0 Å². The maximum Gasteiger partial charge on any atom is 0.350 e. The fourth-order valence-corrected chi connectivity index (χ4v) is 4.84. The third-order valence-electron chi connectivity index (χ3n) is 5.58. The average molecular weight is 507 g/mol. The number of aromatic nitrogens is 1. The Hall–Kier alpha value is -4.44. The molecule has 2 N–H and O–H groups in total. The molecule has 1 aromatic heterocycles. The van der Waals surface area contributed by atoms with Gasteiger partial charge in [-0.05, 0) is 36.3 Å². The number of aromatic hydroxyl groups is 1. The highest BCUT2D eigenvalue weighted by Crippen LogP contribution is 2.44. The fraction of sp³-hybridized carbons (Fsp3) is 0.154. The zero-order chi connectivity index (χ0) is 26.0. The summed E-state index contributed by atoms with van der Waals surface area (Å²) in [4.78, 5) is 44.4. The molecule has 0 saturated carbocycles. The van der Waals surface area contributed by atoms with Crippen LogP contribution in [0.3, 0.4) is 0 Å². The van der Waals surface area contributed by atoms with Crippen molar-refractivity contribution in [2.24, 2.45) is 0 Å². The monoisotopic (exact) mass is 506 g/mol. The van der Waals surface area contributed by atoms with Crippen LogP contribution in [0.15, 0.2) is 65.9 Å². The number of carbonyl (C=O) groups is 3. The van der Waals surface area contributed by atoms with Crippen molar-refractivity contribution in [2.75, 3.05) is 19.1 Å². The number of hydrogen-bond acceptors (Lipinski definition) is 9. The van der Waals surface area contributed by atoms with Gasteiger partial charge in [0.1, 0.15) is 4.88 Å². The zero-order valence-corrected chi connectivity index (χ0v) is 20.4. The van der Waals surface area contributed by atoms with Gasteiger partial charge in [0.2, 0.25) is 0 Å². The van der Waals surface area contributed by atoms with Crippen molar-refractivity contribution >= 4 is 40.2 Å². The summed E-state index contributed by atoms with van der Waals surface area (Å²) in [6.45, 7) is 1.59. The summed E-state index contributed by atoms with van der Waals surface area (Å²) in [5.74, 6) is -2.82.